The smallest absolute Gasteiger partial charge is 0.354 e. The fraction of sp³-hybridized carbons (Fsp3) is 0.405. The Labute approximate surface area is 322 Å². The van der Waals surface area contributed by atoms with Crippen molar-refractivity contribution in [3.8, 4) is 11.5 Å². The third-order valence-electron chi connectivity index (χ3n) is 9.69. The number of amides is 3. The number of allylic oxidation sites excluding steroid dienone is 1. The summed E-state index contributed by atoms with van der Waals surface area (Å²) in [5.74, 6) is -2.26. The van der Waals surface area contributed by atoms with Gasteiger partial charge in [0.1, 0.15) is 55.8 Å². The minimum atomic E-state index is -1.18. The van der Waals surface area contributed by atoms with Crippen molar-refractivity contribution in [1.29, 1.82) is 0 Å². The van der Waals surface area contributed by atoms with Gasteiger partial charge in [0.05, 0.1) is 11.0 Å². The monoisotopic (exact) mass is 760 g/mol. The van der Waals surface area contributed by atoms with Gasteiger partial charge in [0.2, 0.25) is 0 Å². The molecule has 0 aliphatic carbocycles. The molecule has 2 aromatic rings. The fourth-order valence-electron chi connectivity index (χ4n) is 5.57. The summed E-state index contributed by atoms with van der Waals surface area (Å²) < 4.78 is 21.8. The maximum absolute atomic E-state index is 13.1. The highest BCUT2D eigenvalue weighted by Crippen LogP contribution is 2.41. The summed E-state index contributed by atoms with van der Waals surface area (Å²) in [4.78, 5) is 63.2. The number of imide groups is 1. The second-order valence-corrected chi connectivity index (χ2v) is 14.3. The predicted octanol–water partition coefficient (Wildman–Crippen LogP) is 4.76. The second-order valence-electron chi connectivity index (χ2n) is 14.3. The first-order valence-corrected chi connectivity index (χ1v) is 17.9. The number of carbonyl (C=O) groups excluding carboxylic acids is 5. The van der Waals surface area contributed by atoms with Crippen LogP contribution in [0.2, 0.25) is 0 Å². The van der Waals surface area contributed by atoms with Crippen LogP contribution in [0.3, 0.4) is 0 Å². The molecule has 296 valence electrons. The van der Waals surface area contributed by atoms with E-state index < -0.39 is 64.6 Å². The maximum Gasteiger partial charge on any atom is 0.354 e. The SMILES string of the molecule is C=C(C(=O)OCC(O)COc1ccc(C(C)(C)c2ccc(OCC(O)COC(=O)C(C)(C)C(C)(C)N3C(=C)C=CC3=O)cc2)cc1)N1C(=O)C=CC1=O.CC. The van der Waals surface area contributed by atoms with E-state index in [9.17, 15) is 34.2 Å². The minimum absolute atomic E-state index is 0.114. The number of nitrogens with zero attached hydrogens (tertiary/aromatic N) is 2. The largest absolute Gasteiger partial charge is 0.491 e. The first kappa shape index (κ1) is 43.9. The van der Waals surface area contributed by atoms with E-state index in [-0.39, 0.29) is 25.7 Å². The van der Waals surface area contributed by atoms with Gasteiger partial charge in [-0.2, -0.15) is 0 Å². The Morgan fingerprint density at radius 2 is 1.09 bits per heavy atom. The molecular weight excluding hydrogens is 708 g/mol. The molecule has 0 aromatic heterocycles. The lowest BCUT2D eigenvalue weighted by atomic mass is 9.73. The van der Waals surface area contributed by atoms with Crippen LogP contribution in [0, 0.1) is 5.41 Å². The number of benzene rings is 2. The van der Waals surface area contributed by atoms with Gasteiger partial charge in [0, 0.05) is 29.3 Å². The number of aliphatic hydroxyl groups excluding tert-OH is 2. The van der Waals surface area contributed by atoms with Gasteiger partial charge in [0.15, 0.2) is 0 Å². The number of ether oxygens (including phenoxy) is 4. The Bertz CT molecular complexity index is 1790. The molecule has 0 bridgehead atoms. The number of hydrogen-bond donors (Lipinski definition) is 2. The number of carbonyl (C=O) groups is 5. The maximum atomic E-state index is 13.1. The molecule has 2 aliphatic heterocycles. The normalized spacial score (nSPS) is 15.4. The molecule has 2 N–H and O–H groups in total. The molecule has 0 spiro atoms. The molecule has 4 rings (SSSR count). The Balaban J connectivity index is 0.00000399. The van der Waals surface area contributed by atoms with E-state index in [0.717, 1.165) is 23.3 Å². The average Bonchev–Trinajstić information content (AvgIpc) is 3.69. The topological polar surface area (TPSA) is 169 Å². The summed E-state index contributed by atoms with van der Waals surface area (Å²) in [7, 11) is 0. The molecule has 2 unspecified atom stereocenters. The summed E-state index contributed by atoms with van der Waals surface area (Å²) in [6.45, 7) is 21.3. The molecule has 2 aromatic carbocycles. The lowest BCUT2D eigenvalue weighted by molar-refractivity contribution is -0.166. The van der Waals surface area contributed by atoms with E-state index in [1.807, 2.05) is 38.1 Å². The second kappa shape index (κ2) is 18.2. The van der Waals surface area contributed by atoms with Crippen LogP contribution < -0.4 is 9.47 Å². The molecule has 0 fully saturated rings. The molecule has 3 amide bonds. The highest BCUT2D eigenvalue weighted by atomic mass is 16.6. The third-order valence-corrected chi connectivity index (χ3v) is 9.69. The van der Waals surface area contributed by atoms with Crippen LogP contribution in [0.15, 0.2) is 97.4 Å². The summed E-state index contributed by atoms with van der Waals surface area (Å²) in [6.07, 6.45) is 2.77. The fourth-order valence-corrected chi connectivity index (χ4v) is 5.57. The van der Waals surface area contributed by atoms with Gasteiger partial charge in [0.25, 0.3) is 17.7 Å². The molecule has 2 aliphatic rings. The van der Waals surface area contributed by atoms with Gasteiger partial charge in [-0.25, -0.2) is 9.69 Å². The van der Waals surface area contributed by atoms with Gasteiger partial charge >= 0.3 is 11.9 Å². The summed E-state index contributed by atoms with van der Waals surface area (Å²) >= 11 is 0. The van der Waals surface area contributed by atoms with E-state index in [1.54, 1.807) is 58.0 Å². The van der Waals surface area contributed by atoms with E-state index in [4.69, 9.17) is 18.9 Å². The van der Waals surface area contributed by atoms with Crippen molar-refractivity contribution in [2.24, 2.45) is 5.41 Å². The number of aliphatic hydroxyl groups is 2. The van der Waals surface area contributed by atoms with Crippen molar-refractivity contribution in [2.45, 2.75) is 78.6 Å². The van der Waals surface area contributed by atoms with E-state index in [1.165, 1.54) is 11.0 Å². The number of esters is 2. The number of hydrogen-bond acceptors (Lipinski definition) is 11. The van der Waals surface area contributed by atoms with Gasteiger partial charge < -0.3 is 34.1 Å². The van der Waals surface area contributed by atoms with E-state index >= 15 is 0 Å². The summed E-state index contributed by atoms with van der Waals surface area (Å²) in [5, 5.41) is 20.7. The molecule has 2 heterocycles. The zero-order valence-corrected chi connectivity index (χ0v) is 32.8. The Kier molecular flexibility index (Phi) is 14.5. The molecule has 2 atom stereocenters. The molecular formula is C42H52N2O11. The van der Waals surface area contributed by atoms with Crippen LogP contribution in [0.25, 0.3) is 0 Å². The lowest BCUT2D eigenvalue weighted by Gasteiger charge is -2.46. The Hall–Kier alpha value is -5.53. The first-order chi connectivity index (χ1) is 25.8. The molecule has 0 radical (unpaired) electrons. The molecule has 0 saturated carbocycles. The third kappa shape index (κ3) is 10.2. The molecule has 0 saturated heterocycles. The summed E-state index contributed by atoms with van der Waals surface area (Å²) in [6, 6.07) is 14.7. The predicted molar refractivity (Wildman–Crippen MR) is 204 cm³/mol. The highest BCUT2D eigenvalue weighted by Gasteiger charge is 2.51. The Morgan fingerprint density at radius 1 is 0.673 bits per heavy atom. The highest BCUT2D eigenvalue weighted by molar-refractivity contribution is 6.17. The zero-order chi connectivity index (χ0) is 41.3. The van der Waals surface area contributed by atoms with Crippen LogP contribution in [-0.4, -0.2) is 93.8 Å². The molecule has 13 heteroatoms. The van der Waals surface area contributed by atoms with Crippen LogP contribution in [0.1, 0.15) is 66.5 Å². The van der Waals surface area contributed by atoms with Crippen molar-refractivity contribution >= 4 is 29.7 Å². The number of rotatable bonds is 17. The van der Waals surface area contributed by atoms with Crippen molar-refractivity contribution < 1.29 is 53.1 Å². The molecule has 13 nitrogen and oxygen atoms in total. The summed E-state index contributed by atoms with van der Waals surface area (Å²) in [5.41, 5.74) is -0.482. The minimum Gasteiger partial charge on any atom is -0.491 e. The van der Waals surface area contributed by atoms with Crippen LogP contribution in [0.5, 0.6) is 11.5 Å². The van der Waals surface area contributed by atoms with Gasteiger partial charge in [-0.15, -0.1) is 0 Å². The first-order valence-electron chi connectivity index (χ1n) is 17.9. The van der Waals surface area contributed by atoms with E-state index in [2.05, 4.69) is 27.0 Å². The van der Waals surface area contributed by atoms with Crippen LogP contribution in [0.4, 0.5) is 0 Å². The molecule has 55 heavy (non-hydrogen) atoms. The standard InChI is InChI=1S/C40H46N2O11.C2H6/c1-25-9-18-35(47)42(25)40(7,8)39(5,6)37(49)53-24-30(44)22-51-32-16-12-28(13-17-32)38(3,4)27-10-14-31(15-11-27)50-21-29(43)23-52-36(48)26(2)41-33(45)19-20-34(41)46;1-2/h9-20,29-30,43-44H,1-2,21-24H2,3-8H3;1-2H3. The van der Waals surface area contributed by atoms with Crippen molar-refractivity contribution in [3.05, 3.63) is 109 Å². The lowest BCUT2D eigenvalue weighted by Crippen LogP contribution is -2.57. The Morgan fingerprint density at radius 3 is 1.51 bits per heavy atom. The van der Waals surface area contributed by atoms with Gasteiger partial charge in [-0.05, 0) is 69.2 Å². The van der Waals surface area contributed by atoms with Gasteiger partial charge in [-0.1, -0.05) is 65.1 Å². The van der Waals surface area contributed by atoms with Gasteiger partial charge in [-0.3, -0.25) is 19.2 Å². The van der Waals surface area contributed by atoms with Crippen molar-refractivity contribution in [2.75, 3.05) is 26.4 Å². The quantitative estimate of drug-likeness (QED) is 0.130. The van der Waals surface area contributed by atoms with E-state index in [0.29, 0.717) is 22.1 Å². The van der Waals surface area contributed by atoms with Crippen LogP contribution in [-0.2, 0) is 38.9 Å². The zero-order valence-electron chi connectivity index (χ0n) is 32.8. The average molecular weight is 761 g/mol. The van der Waals surface area contributed by atoms with Crippen LogP contribution >= 0.6 is 0 Å². The van der Waals surface area contributed by atoms with Crippen molar-refractivity contribution in [3.63, 3.8) is 0 Å². The van der Waals surface area contributed by atoms with Crippen molar-refractivity contribution in [1.82, 2.24) is 9.80 Å².